The van der Waals surface area contributed by atoms with Crippen LogP contribution in [-0.4, -0.2) is 62.0 Å². The summed E-state index contributed by atoms with van der Waals surface area (Å²) in [6, 6.07) is 12.8. The molecule has 1 heterocycles. The Labute approximate surface area is 240 Å². The van der Waals surface area contributed by atoms with E-state index in [0.717, 1.165) is 30.4 Å². The van der Waals surface area contributed by atoms with Gasteiger partial charge in [-0.1, -0.05) is 29.3 Å². The molecule has 3 aromatic carbocycles. The van der Waals surface area contributed by atoms with Crippen molar-refractivity contribution >= 4 is 35.0 Å². The van der Waals surface area contributed by atoms with Crippen LogP contribution >= 0.6 is 23.2 Å². The molecule has 0 aliphatic carbocycles. The first-order valence-electron chi connectivity index (χ1n) is 12.3. The molecular weight excluding hydrogens is 568 g/mol. The highest BCUT2D eigenvalue weighted by Crippen LogP contribution is 2.38. The van der Waals surface area contributed by atoms with Crippen LogP contribution in [0.4, 0.5) is 13.2 Å². The van der Waals surface area contributed by atoms with E-state index in [-0.39, 0.29) is 36.2 Å². The van der Waals surface area contributed by atoms with Crippen molar-refractivity contribution in [2.45, 2.75) is 25.1 Å². The molecule has 0 saturated carbocycles. The van der Waals surface area contributed by atoms with Crippen molar-refractivity contribution in [1.29, 1.82) is 0 Å². The number of hydrogen-bond acceptors (Lipinski definition) is 4. The maximum absolute atomic E-state index is 13.6. The third-order valence-electron chi connectivity index (χ3n) is 7.16. The normalized spacial score (nSPS) is 17.1. The highest BCUT2D eigenvalue weighted by atomic mass is 35.5. The number of alkyl halides is 3. The van der Waals surface area contributed by atoms with Crippen molar-refractivity contribution in [2.75, 3.05) is 34.4 Å². The number of hydrogen-bond donors (Lipinski definition) is 0. The molecule has 1 aliphatic heterocycles. The molecule has 0 N–H and O–H groups in total. The molecule has 212 valence electrons. The van der Waals surface area contributed by atoms with Gasteiger partial charge in [0.25, 0.3) is 11.8 Å². The van der Waals surface area contributed by atoms with Crippen LogP contribution in [0.25, 0.3) is 0 Å². The van der Waals surface area contributed by atoms with E-state index in [4.69, 9.17) is 32.7 Å². The molecule has 6 nitrogen and oxygen atoms in total. The molecule has 0 spiro atoms. The van der Waals surface area contributed by atoms with Gasteiger partial charge in [0.15, 0.2) is 0 Å². The minimum atomic E-state index is -4.71. The van der Waals surface area contributed by atoms with E-state index in [1.165, 1.54) is 18.0 Å². The number of benzene rings is 3. The van der Waals surface area contributed by atoms with Gasteiger partial charge in [0, 0.05) is 37.2 Å². The molecule has 4 rings (SSSR count). The molecule has 0 radical (unpaired) electrons. The minimum absolute atomic E-state index is 0.152. The highest BCUT2D eigenvalue weighted by molar-refractivity contribution is 6.42. The zero-order valence-corrected chi connectivity index (χ0v) is 23.7. The zero-order valence-electron chi connectivity index (χ0n) is 22.2. The molecule has 2 amide bonds. The Bertz CT molecular complexity index is 1450. The third kappa shape index (κ3) is 5.86. The van der Waals surface area contributed by atoms with Crippen LogP contribution in [0.5, 0.6) is 11.5 Å². The van der Waals surface area contributed by atoms with Gasteiger partial charge in [0.1, 0.15) is 11.5 Å². The molecule has 40 heavy (non-hydrogen) atoms. The van der Waals surface area contributed by atoms with Crippen molar-refractivity contribution < 1.29 is 32.2 Å². The molecule has 0 unspecified atom stereocenters. The standard InChI is InChI=1S/C29H27Cl2F3N2O4/c1-16-11-18(6-9-25(16)39-3)28(38)36-14-20(17-5-8-22(30)23(31)13-17)24(15-36)35(2)27(37)19-7-10-26(40-4)21(12-19)29(32,33)34/h5-13,20,24H,14-15H2,1-4H3/t20-,24+/m0/s1. The monoisotopic (exact) mass is 594 g/mol. The Balaban J connectivity index is 1.69. The predicted molar refractivity (Wildman–Crippen MR) is 147 cm³/mol. The topological polar surface area (TPSA) is 59.1 Å². The number of nitrogens with zero attached hydrogens (tertiary/aromatic N) is 2. The second kappa shape index (κ2) is 11.6. The lowest BCUT2D eigenvalue weighted by atomic mass is 9.93. The van der Waals surface area contributed by atoms with Crippen molar-refractivity contribution in [3.63, 3.8) is 0 Å². The first kappa shape index (κ1) is 29.6. The fraction of sp³-hybridized carbons (Fsp3) is 0.310. The lowest BCUT2D eigenvalue weighted by Gasteiger charge is -2.29. The van der Waals surface area contributed by atoms with E-state index < -0.39 is 23.7 Å². The fourth-order valence-corrected chi connectivity index (χ4v) is 5.33. The summed E-state index contributed by atoms with van der Waals surface area (Å²) in [6.07, 6.45) is -4.71. The molecule has 0 aromatic heterocycles. The SMILES string of the molecule is COc1ccc(C(=O)N2C[C@@H](N(C)C(=O)c3ccc(OC)c(C(F)(F)F)c3)[C@H](c3ccc(Cl)c(Cl)c3)C2)cc1C. The minimum Gasteiger partial charge on any atom is -0.496 e. The number of aryl methyl sites for hydroxylation is 1. The van der Waals surface area contributed by atoms with E-state index in [9.17, 15) is 22.8 Å². The second-order valence-corrected chi connectivity index (χ2v) is 10.4. The summed E-state index contributed by atoms with van der Waals surface area (Å²) >= 11 is 12.4. The van der Waals surface area contributed by atoms with Gasteiger partial charge >= 0.3 is 6.18 Å². The first-order valence-corrected chi connectivity index (χ1v) is 13.0. The maximum atomic E-state index is 13.6. The van der Waals surface area contributed by atoms with E-state index in [1.54, 1.807) is 48.4 Å². The van der Waals surface area contributed by atoms with Crippen LogP contribution < -0.4 is 9.47 Å². The van der Waals surface area contributed by atoms with Crippen LogP contribution in [0, 0.1) is 6.92 Å². The van der Waals surface area contributed by atoms with E-state index in [0.29, 0.717) is 21.4 Å². The maximum Gasteiger partial charge on any atom is 0.419 e. The number of amides is 2. The smallest absolute Gasteiger partial charge is 0.419 e. The Morgan fingerprint density at radius 2 is 1.55 bits per heavy atom. The van der Waals surface area contributed by atoms with E-state index in [1.807, 2.05) is 6.92 Å². The van der Waals surface area contributed by atoms with Crippen LogP contribution in [0.15, 0.2) is 54.6 Å². The van der Waals surface area contributed by atoms with Gasteiger partial charge in [-0.05, 0) is 66.6 Å². The number of rotatable bonds is 6. The van der Waals surface area contributed by atoms with Gasteiger partial charge in [-0.15, -0.1) is 0 Å². The van der Waals surface area contributed by atoms with Crippen LogP contribution in [0.1, 0.15) is 43.3 Å². The number of carbonyl (C=O) groups excluding carboxylic acids is 2. The van der Waals surface area contributed by atoms with E-state index >= 15 is 0 Å². The summed E-state index contributed by atoms with van der Waals surface area (Å²) in [6.45, 7) is 2.23. The van der Waals surface area contributed by atoms with Crippen LogP contribution in [0.3, 0.4) is 0 Å². The van der Waals surface area contributed by atoms with Gasteiger partial charge in [0.05, 0.1) is 35.9 Å². The van der Waals surface area contributed by atoms with Gasteiger partial charge in [-0.2, -0.15) is 13.2 Å². The average Bonchev–Trinajstić information content (AvgIpc) is 3.38. The summed E-state index contributed by atoms with van der Waals surface area (Å²) in [5.74, 6) is -0.992. The number of ether oxygens (including phenoxy) is 2. The molecule has 1 aliphatic rings. The predicted octanol–water partition coefficient (Wildman–Crippen LogP) is 6.72. The first-order chi connectivity index (χ1) is 18.8. The molecular formula is C29H27Cl2F3N2O4. The van der Waals surface area contributed by atoms with Crippen molar-refractivity contribution in [3.8, 4) is 11.5 Å². The van der Waals surface area contributed by atoms with Crippen molar-refractivity contribution in [1.82, 2.24) is 9.80 Å². The largest absolute Gasteiger partial charge is 0.496 e. The van der Waals surface area contributed by atoms with Crippen molar-refractivity contribution in [3.05, 3.63) is 92.5 Å². The lowest BCUT2D eigenvalue weighted by molar-refractivity contribution is -0.138. The summed E-state index contributed by atoms with van der Waals surface area (Å²) in [5, 5.41) is 0.663. The Morgan fingerprint density at radius 1 is 0.900 bits per heavy atom. The molecule has 0 bridgehead atoms. The summed E-state index contributed by atoms with van der Waals surface area (Å²) in [4.78, 5) is 30.0. The van der Waals surface area contributed by atoms with E-state index in [2.05, 4.69) is 0 Å². The molecule has 11 heteroatoms. The van der Waals surface area contributed by atoms with Crippen LogP contribution in [0.2, 0.25) is 10.0 Å². The molecule has 3 aromatic rings. The quantitative estimate of drug-likeness (QED) is 0.318. The van der Waals surface area contributed by atoms with Gasteiger partial charge in [-0.3, -0.25) is 9.59 Å². The summed E-state index contributed by atoms with van der Waals surface area (Å²) < 4.78 is 51.0. The number of halogens is 5. The number of carbonyl (C=O) groups is 2. The Morgan fingerprint density at radius 3 is 2.15 bits per heavy atom. The summed E-state index contributed by atoms with van der Waals surface area (Å²) in [7, 11) is 4.19. The lowest BCUT2D eigenvalue weighted by Crippen LogP contribution is -2.42. The second-order valence-electron chi connectivity index (χ2n) is 9.57. The third-order valence-corrected chi connectivity index (χ3v) is 7.90. The average molecular weight is 595 g/mol. The fourth-order valence-electron chi connectivity index (χ4n) is 5.03. The number of methoxy groups -OCH3 is 2. The Hall–Kier alpha value is -3.43. The van der Waals surface area contributed by atoms with Gasteiger partial charge in [-0.25, -0.2) is 0 Å². The number of likely N-dealkylation sites (N-methyl/N-ethyl adjacent to an activating group) is 1. The molecule has 1 saturated heterocycles. The van der Waals surface area contributed by atoms with Gasteiger partial charge < -0.3 is 19.3 Å². The van der Waals surface area contributed by atoms with Crippen LogP contribution in [-0.2, 0) is 6.18 Å². The van der Waals surface area contributed by atoms with Crippen molar-refractivity contribution in [2.24, 2.45) is 0 Å². The molecule has 1 fully saturated rings. The van der Waals surface area contributed by atoms with Gasteiger partial charge in [0.2, 0.25) is 0 Å². The highest BCUT2D eigenvalue weighted by Gasteiger charge is 2.41. The Kier molecular flexibility index (Phi) is 8.56. The zero-order chi connectivity index (χ0) is 29.4. The molecule has 2 atom stereocenters. The number of likely N-dealkylation sites (tertiary alicyclic amines) is 1. The summed E-state index contributed by atoms with van der Waals surface area (Å²) in [5.41, 5.74) is 0.779.